The molecule has 0 radical (unpaired) electrons. The van der Waals surface area contributed by atoms with Gasteiger partial charge in [-0.3, -0.25) is 4.79 Å². The first-order valence-corrected chi connectivity index (χ1v) is 6.46. The molecule has 1 aromatic carbocycles. The summed E-state index contributed by atoms with van der Waals surface area (Å²) in [5.41, 5.74) is 1.01. The summed E-state index contributed by atoms with van der Waals surface area (Å²) in [6.45, 7) is 3.76. The molecular weight excluding hydrogens is 280 g/mol. The van der Waals surface area contributed by atoms with E-state index in [4.69, 9.17) is 9.47 Å². The molecule has 2 atom stereocenters. The molecule has 1 aliphatic rings. The molecule has 2 rings (SSSR count). The van der Waals surface area contributed by atoms with Crippen molar-refractivity contribution in [3.05, 3.63) is 29.8 Å². The lowest BCUT2D eigenvalue weighted by Gasteiger charge is -2.29. The molecule has 0 unspecified atom stereocenters. The number of hydrogen-bond acceptors (Lipinski definition) is 4. The number of hydrogen-bond donors (Lipinski definition) is 2. The van der Waals surface area contributed by atoms with E-state index in [1.54, 1.807) is 7.11 Å². The SMILES string of the molecule is COc1cccc(CNC(=O)[C@H]2NCCO[C@@H]2C)c1.Cl. The van der Waals surface area contributed by atoms with Crippen LogP contribution in [0.3, 0.4) is 0 Å². The van der Waals surface area contributed by atoms with E-state index in [2.05, 4.69) is 10.6 Å². The molecule has 0 aliphatic carbocycles. The largest absolute Gasteiger partial charge is 0.497 e. The molecule has 5 nitrogen and oxygen atoms in total. The highest BCUT2D eigenvalue weighted by Crippen LogP contribution is 2.12. The maximum Gasteiger partial charge on any atom is 0.240 e. The second-order valence-corrected chi connectivity index (χ2v) is 4.58. The Bertz CT molecular complexity index is 442. The number of amides is 1. The minimum absolute atomic E-state index is 0. The van der Waals surface area contributed by atoms with Crippen molar-refractivity contribution in [2.45, 2.75) is 25.6 Å². The zero-order valence-electron chi connectivity index (χ0n) is 11.7. The van der Waals surface area contributed by atoms with Crippen LogP contribution in [0, 0.1) is 0 Å². The number of benzene rings is 1. The monoisotopic (exact) mass is 300 g/mol. The first-order chi connectivity index (χ1) is 9.20. The molecule has 0 spiro atoms. The summed E-state index contributed by atoms with van der Waals surface area (Å²) in [5.74, 6) is 0.759. The fourth-order valence-electron chi connectivity index (χ4n) is 2.11. The minimum atomic E-state index is -0.278. The van der Waals surface area contributed by atoms with E-state index >= 15 is 0 Å². The van der Waals surface area contributed by atoms with Crippen molar-refractivity contribution < 1.29 is 14.3 Å². The van der Waals surface area contributed by atoms with E-state index in [0.29, 0.717) is 19.7 Å². The maximum absolute atomic E-state index is 12.1. The van der Waals surface area contributed by atoms with Crippen molar-refractivity contribution >= 4 is 18.3 Å². The van der Waals surface area contributed by atoms with Gasteiger partial charge in [-0.1, -0.05) is 12.1 Å². The molecule has 0 bridgehead atoms. The summed E-state index contributed by atoms with van der Waals surface area (Å²) in [6.07, 6.45) is -0.0981. The van der Waals surface area contributed by atoms with Gasteiger partial charge in [0, 0.05) is 13.1 Å². The van der Waals surface area contributed by atoms with Crippen LogP contribution < -0.4 is 15.4 Å². The van der Waals surface area contributed by atoms with Crippen molar-refractivity contribution in [2.24, 2.45) is 0 Å². The van der Waals surface area contributed by atoms with E-state index in [9.17, 15) is 4.79 Å². The van der Waals surface area contributed by atoms with Gasteiger partial charge < -0.3 is 20.1 Å². The Hall–Kier alpha value is -1.30. The summed E-state index contributed by atoms with van der Waals surface area (Å²) in [6, 6.07) is 7.37. The van der Waals surface area contributed by atoms with Gasteiger partial charge in [-0.25, -0.2) is 0 Å². The van der Waals surface area contributed by atoms with Crippen LogP contribution in [0.1, 0.15) is 12.5 Å². The molecule has 1 aliphatic heterocycles. The molecule has 1 heterocycles. The molecule has 20 heavy (non-hydrogen) atoms. The first-order valence-electron chi connectivity index (χ1n) is 6.46. The summed E-state index contributed by atoms with van der Waals surface area (Å²) in [4.78, 5) is 12.1. The summed E-state index contributed by atoms with van der Waals surface area (Å²) in [7, 11) is 1.63. The lowest BCUT2D eigenvalue weighted by atomic mass is 10.1. The van der Waals surface area contributed by atoms with Crippen LogP contribution in [-0.2, 0) is 16.1 Å². The quantitative estimate of drug-likeness (QED) is 0.874. The van der Waals surface area contributed by atoms with E-state index in [0.717, 1.165) is 11.3 Å². The molecule has 1 saturated heterocycles. The molecule has 6 heteroatoms. The first kappa shape index (κ1) is 16.8. The lowest BCUT2D eigenvalue weighted by molar-refractivity contribution is -0.129. The van der Waals surface area contributed by atoms with E-state index in [-0.39, 0.29) is 30.5 Å². The minimum Gasteiger partial charge on any atom is -0.497 e. The highest BCUT2D eigenvalue weighted by Gasteiger charge is 2.27. The zero-order valence-corrected chi connectivity index (χ0v) is 12.5. The third kappa shape index (κ3) is 4.37. The van der Waals surface area contributed by atoms with Gasteiger partial charge in [-0.2, -0.15) is 0 Å². The molecule has 1 aromatic rings. The number of carbonyl (C=O) groups is 1. The average molecular weight is 301 g/mol. The van der Waals surface area contributed by atoms with Crippen LogP contribution in [0.4, 0.5) is 0 Å². The van der Waals surface area contributed by atoms with Gasteiger partial charge in [0.05, 0.1) is 19.8 Å². The zero-order chi connectivity index (χ0) is 13.7. The van der Waals surface area contributed by atoms with Crippen LogP contribution in [0.25, 0.3) is 0 Å². The fourth-order valence-corrected chi connectivity index (χ4v) is 2.11. The Morgan fingerprint density at radius 3 is 3.05 bits per heavy atom. The number of ether oxygens (including phenoxy) is 2. The highest BCUT2D eigenvalue weighted by molar-refractivity contribution is 5.85. The highest BCUT2D eigenvalue weighted by atomic mass is 35.5. The van der Waals surface area contributed by atoms with Crippen molar-refractivity contribution in [3.8, 4) is 5.75 Å². The molecule has 112 valence electrons. The maximum atomic E-state index is 12.1. The van der Waals surface area contributed by atoms with E-state index < -0.39 is 0 Å². The summed E-state index contributed by atoms with van der Waals surface area (Å²) < 4.78 is 10.6. The third-order valence-electron chi connectivity index (χ3n) is 3.20. The van der Waals surface area contributed by atoms with Crippen LogP contribution in [0.15, 0.2) is 24.3 Å². The van der Waals surface area contributed by atoms with Gasteiger partial charge in [0.1, 0.15) is 11.8 Å². The van der Waals surface area contributed by atoms with Gasteiger partial charge in [0.2, 0.25) is 5.91 Å². The molecular formula is C14H21ClN2O3. The molecule has 1 amide bonds. The molecule has 1 fully saturated rings. The Morgan fingerprint density at radius 2 is 2.35 bits per heavy atom. The topological polar surface area (TPSA) is 59.6 Å². The van der Waals surface area contributed by atoms with Gasteiger partial charge in [0.25, 0.3) is 0 Å². The van der Waals surface area contributed by atoms with Crippen molar-refractivity contribution in [1.29, 1.82) is 0 Å². The summed E-state index contributed by atoms with van der Waals surface area (Å²) >= 11 is 0. The Balaban J connectivity index is 0.00000200. The van der Waals surface area contributed by atoms with Gasteiger partial charge >= 0.3 is 0 Å². The van der Waals surface area contributed by atoms with E-state index in [1.807, 2.05) is 31.2 Å². The number of morpholine rings is 1. The van der Waals surface area contributed by atoms with Gasteiger partial charge in [-0.05, 0) is 24.6 Å². The van der Waals surface area contributed by atoms with Crippen LogP contribution in [0.2, 0.25) is 0 Å². The summed E-state index contributed by atoms with van der Waals surface area (Å²) in [5, 5.41) is 6.08. The predicted molar refractivity (Wildman–Crippen MR) is 79.3 cm³/mol. The van der Waals surface area contributed by atoms with E-state index in [1.165, 1.54) is 0 Å². The van der Waals surface area contributed by atoms with Crippen LogP contribution in [-0.4, -0.2) is 38.3 Å². The number of carbonyl (C=O) groups excluding carboxylic acids is 1. The Morgan fingerprint density at radius 1 is 1.55 bits per heavy atom. The molecule has 0 aromatic heterocycles. The van der Waals surface area contributed by atoms with Crippen LogP contribution in [0.5, 0.6) is 5.75 Å². The third-order valence-corrected chi connectivity index (χ3v) is 3.20. The van der Waals surface area contributed by atoms with Crippen molar-refractivity contribution in [3.63, 3.8) is 0 Å². The second-order valence-electron chi connectivity index (χ2n) is 4.58. The number of halogens is 1. The average Bonchev–Trinajstić information content (AvgIpc) is 2.45. The second kappa shape index (κ2) is 8.09. The van der Waals surface area contributed by atoms with Crippen molar-refractivity contribution in [1.82, 2.24) is 10.6 Å². The molecule has 0 saturated carbocycles. The number of rotatable bonds is 4. The molecule has 2 N–H and O–H groups in total. The van der Waals surface area contributed by atoms with Gasteiger partial charge in [-0.15, -0.1) is 12.4 Å². The standard InChI is InChI=1S/C14H20N2O3.ClH/c1-10-13(15-6-7-19-10)14(17)16-9-11-4-3-5-12(8-11)18-2;/h3-5,8,10,13,15H,6-7,9H2,1-2H3,(H,16,17);1H/t10-,13+;/m1./s1. The number of methoxy groups -OCH3 is 1. The van der Waals surface area contributed by atoms with Crippen molar-refractivity contribution in [2.75, 3.05) is 20.3 Å². The predicted octanol–water partition coefficient (Wildman–Crippen LogP) is 1.11. The van der Waals surface area contributed by atoms with Gasteiger partial charge in [0.15, 0.2) is 0 Å². The normalized spacial score (nSPS) is 21.7. The van der Waals surface area contributed by atoms with Crippen LogP contribution >= 0.6 is 12.4 Å². The Labute approximate surface area is 125 Å². The Kier molecular flexibility index (Phi) is 6.78. The fraction of sp³-hybridized carbons (Fsp3) is 0.500. The lowest BCUT2D eigenvalue weighted by Crippen LogP contribution is -2.55. The number of nitrogens with one attached hydrogen (secondary N) is 2. The smallest absolute Gasteiger partial charge is 0.240 e.